The van der Waals surface area contributed by atoms with E-state index in [1.165, 1.54) is 0 Å². The summed E-state index contributed by atoms with van der Waals surface area (Å²) in [4.78, 5) is 32.5. The second kappa shape index (κ2) is 13.1. The molecular weight excluding hydrogens is 530 g/mol. The number of aliphatic imine (C=N–C) groups is 1. The summed E-state index contributed by atoms with van der Waals surface area (Å²) in [5.41, 5.74) is 4.72. The molecule has 218 valence electrons. The van der Waals surface area contributed by atoms with Crippen LogP contribution in [-0.4, -0.2) is 38.3 Å². The Kier molecular flexibility index (Phi) is 9.06. The van der Waals surface area contributed by atoms with E-state index < -0.39 is 11.8 Å². The molecule has 3 atom stereocenters. The lowest BCUT2D eigenvalue weighted by atomic mass is 9.69. The highest BCUT2D eigenvalue weighted by Crippen LogP contribution is 2.49. The van der Waals surface area contributed by atoms with E-state index in [1.54, 1.807) is 14.2 Å². The molecule has 0 spiro atoms. The van der Waals surface area contributed by atoms with Gasteiger partial charge in [0.05, 0.1) is 20.8 Å². The third-order valence-corrected chi connectivity index (χ3v) is 7.96. The summed E-state index contributed by atoms with van der Waals surface area (Å²) in [6.07, 6.45) is 1.56. The summed E-state index contributed by atoms with van der Waals surface area (Å²) in [6.45, 7) is 4.48. The van der Waals surface area contributed by atoms with Crippen molar-refractivity contribution in [1.82, 2.24) is 0 Å². The second-order valence-electron chi connectivity index (χ2n) is 10.7. The van der Waals surface area contributed by atoms with E-state index in [-0.39, 0.29) is 17.7 Å². The number of carbonyl (C=O) groups is 2. The predicted molar refractivity (Wildman–Crippen MR) is 161 cm³/mol. The monoisotopic (exact) mass is 567 g/mol. The molecule has 0 aromatic heterocycles. The number of rotatable bonds is 10. The van der Waals surface area contributed by atoms with Gasteiger partial charge >= 0.3 is 5.97 Å². The number of hydrogen-bond donors (Lipinski definition) is 0. The highest BCUT2D eigenvalue weighted by Gasteiger charge is 2.45. The minimum absolute atomic E-state index is 0.0246. The molecule has 3 aromatic carbocycles. The summed E-state index contributed by atoms with van der Waals surface area (Å²) < 4.78 is 22.9. The molecule has 0 fully saturated rings. The van der Waals surface area contributed by atoms with Gasteiger partial charge in [-0.15, -0.1) is 0 Å². The van der Waals surface area contributed by atoms with Crippen molar-refractivity contribution in [2.75, 3.05) is 20.8 Å². The zero-order valence-corrected chi connectivity index (χ0v) is 24.6. The normalized spacial score (nSPS) is 20.0. The summed E-state index contributed by atoms with van der Waals surface area (Å²) in [5.74, 6) is 0.122. The molecule has 0 radical (unpaired) electrons. The number of nitrogens with zero attached hydrogens (tertiary/aromatic N) is 1. The SMILES string of the molecule is CCCOC(=O)C1C(C)=NC2=C(C(=O)C[C@@H](c3ccc(OC)c(OC)c3)C2)[C@@H]1c1ccccc1OCc1ccccc1. The lowest BCUT2D eigenvalue weighted by Gasteiger charge is -2.37. The van der Waals surface area contributed by atoms with Crippen LogP contribution in [0.25, 0.3) is 0 Å². The Morgan fingerprint density at radius 3 is 2.38 bits per heavy atom. The first kappa shape index (κ1) is 29.1. The maximum absolute atomic E-state index is 14.1. The summed E-state index contributed by atoms with van der Waals surface area (Å²) in [7, 11) is 3.20. The minimum atomic E-state index is -0.724. The zero-order chi connectivity index (χ0) is 29.6. The van der Waals surface area contributed by atoms with Crippen LogP contribution in [0.3, 0.4) is 0 Å². The van der Waals surface area contributed by atoms with Gasteiger partial charge in [-0.05, 0) is 55.0 Å². The van der Waals surface area contributed by atoms with Crippen molar-refractivity contribution in [2.45, 2.75) is 51.6 Å². The van der Waals surface area contributed by atoms with Gasteiger partial charge in [-0.1, -0.05) is 61.5 Å². The molecule has 0 bridgehead atoms. The topological polar surface area (TPSA) is 83.4 Å². The summed E-state index contributed by atoms with van der Waals surface area (Å²) in [5, 5.41) is 0. The van der Waals surface area contributed by atoms with Crippen LogP contribution in [0, 0.1) is 5.92 Å². The number of para-hydroxylation sites is 1. The smallest absolute Gasteiger partial charge is 0.315 e. The molecule has 7 nitrogen and oxygen atoms in total. The van der Waals surface area contributed by atoms with E-state index in [0.29, 0.717) is 66.7 Å². The van der Waals surface area contributed by atoms with E-state index in [2.05, 4.69) is 0 Å². The first-order valence-electron chi connectivity index (χ1n) is 14.4. The van der Waals surface area contributed by atoms with Gasteiger partial charge < -0.3 is 18.9 Å². The van der Waals surface area contributed by atoms with Crippen molar-refractivity contribution < 1.29 is 28.5 Å². The lowest BCUT2D eigenvalue weighted by Crippen LogP contribution is -2.38. The fourth-order valence-corrected chi connectivity index (χ4v) is 5.94. The largest absolute Gasteiger partial charge is 0.493 e. The predicted octanol–water partition coefficient (Wildman–Crippen LogP) is 6.81. The van der Waals surface area contributed by atoms with E-state index in [4.69, 9.17) is 23.9 Å². The second-order valence-corrected chi connectivity index (χ2v) is 10.7. The van der Waals surface area contributed by atoms with Gasteiger partial charge in [-0.3, -0.25) is 14.6 Å². The molecule has 3 aromatic rings. The molecule has 0 amide bonds. The molecule has 1 unspecified atom stereocenters. The van der Waals surface area contributed by atoms with E-state index >= 15 is 0 Å². The molecule has 0 saturated carbocycles. The maximum atomic E-state index is 14.1. The number of hydrogen-bond acceptors (Lipinski definition) is 7. The van der Waals surface area contributed by atoms with Crippen molar-refractivity contribution in [3.8, 4) is 17.2 Å². The first-order valence-corrected chi connectivity index (χ1v) is 14.4. The maximum Gasteiger partial charge on any atom is 0.315 e. The number of methoxy groups -OCH3 is 2. The molecule has 0 saturated heterocycles. The van der Waals surface area contributed by atoms with Crippen LogP contribution >= 0.6 is 0 Å². The third kappa shape index (κ3) is 5.96. The average Bonchev–Trinajstić information content (AvgIpc) is 3.02. The molecule has 7 heteroatoms. The highest BCUT2D eigenvalue weighted by molar-refractivity contribution is 6.09. The Morgan fingerprint density at radius 1 is 0.905 bits per heavy atom. The number of ketones is 1. The van der Waals surface area contributed by atoms with Gasteiger partial charge in [-0.2, -0.15) is 0 Å². The Hall–Kier alpha value is -4.39. The Morgan fingerprint density at radius 2 is 1.64 bits per heavy atom. The first-order chi connectivity index (χ1) is 20.4. The summed E-state index contributed by atoms with van der Waals surface area (Å²) >= 11 is 0. The quantitative estimate of drug-likeness (QED) is 0.250. The standard InChI is InChI=1S/C35H37NO6/c1-5-17-41-35(38)32-22(2)36-27-18-25(24-15-16-30(39-3)31(20-24)40-4)19-28(37)34(27)33(32)26-13-9-10-14-29(26)42-21-23-11-7-6-8-12-23/h6-16,20,25,32-33H,5,17-19,21H2,1-4H3/t25-,32?,33+/m0/s1. The number of allylic oxidation sites excluding steroid dienone is 2. The van der Waals surface area contributed by atoms with Crippen LogP contribution in [0.5, 0.6) is 17.2 Å². The van der Waals surface area contributed by atoms with Gasteiger partial charge in [0.25, 0.3) is 0 Å². The van der Waals surface area contributed by atoms with Crippen molar-refractivity contribution in [1.29, 1.82) is 0 Å². The molecule has 1 aliphatic carbocycles. The van der Waals surface area contributed by atoms with Crippen molar-refractivity contribution in [3.63, 3.8) is 0 Å². The minimum Gasteiger partial charge on any atom is -0.493 e. The zero-order valence-electron chi connectivity index (χ0n) is 24.6. The van der Waals surface area contributed by atoms with E-state index in [9.17, 15) is 9.59 Å². The van der Waals surface area contributed by atoms with E-state index in [0.717, 1.165) is 16.7 Å². The number of Topliss-reactive ketones (excluding diaryl/α,β-unsaturated/α-hetero) is 1. The Labute approximate surface area is 247 Å². The van der Waals surface area contributed by atoms with E-state index in [1.807, 2.05) is 86.6 Å². The molecule has 5 rings (SSSR count). The number of carbonyl (C=O) groups excluding carboxylic acids is 2. The lowest BCUT2D eigenvalue weighted by molar-refractivity contribution is -0.146. The molecule has 1 aliphatic heterocycles. The van der Waals surface area contributed by atoms with Crippen LogP contribution in [0.1, 0.15) is 61.6 Å². The van der Waals surface area contributed by atoms with Crippen molar-refractivity contribution >= 4 is 17.5 Å². The fraction of sp³-hybridized carbons (Fsp3) is 0.343. The molecular formula is C35H37NO6. The average molecular weight is 568 g/mol. The van der Waals surface area contributed by atoms with Gasteiger partial charge in [0, 0.05) is 34.9 Å². The Balaban J connectivity index is 1.55. The Bertz CT molecular complexity index is 1510. The molecule has 0 N–H and O–H groups in total. The van der Waals surface area contributed by atoms with Crippen LogP contribution in [0.4, 0.5) is 0 Å². The van der Waals surface area contributed by atoms with Gasteiger partial charge in [0.2, 0.25) is 0 Å². The van der Waals surface area contributed by atoms with Gasteiger partial charge in [0.15, 0.2) is 17.3 Å². The fourth-order valence-electron chi connectivity index (χ4n) is 5.94. The van der Waals surface area contributed by atoms with Crippen LogP contribution in [-0.2, 0) is 20.9 Å². The van der Waals surface area contributed by atoms with Crippen LogP contribution in [0.15, 0.2) is 89.1 Å². The molecule has 42 heavy (non-hydrogen) atoms. The van der Waals surface area contributed by atoms with Crippen LogP contribution < -0.4 is 14.2 Å². The molecule has 1 heterocycles. The third-order valence-electron chi connectivity index (χ3n) is 7.96. The molecule has 2 aliphatic rings. The number of esters is 1. The number of ether oxygens (including phenoxy) is 4. The van der Waals surface area contributed by atoms with Gasteiger partial charge in [-0.25, -0.2) is 0 Å². The van der Waals surface area contributed by atoms with Crippen molar-refractivity contribution in [3.05, 3.63) is 101 Å². The van der Waals surface area contributed by atoms with Gasteiger partial charge in [0.1, 0.15) is 18.3 Å². The highest BCUT2D eigenvalue weighted by atomic mass is 16.5. The number of benzene rings is 3. The summed E-state index contributed by atoms with van der Waals surface area (Å²) in [6, 6.07) is 23.3. The van der Waals surface area contributed by atoms with Crippen molar-refractivity contribution in [2.24, 2.45) is 10.9 Å². The van der Waals surface area contributed by atoms with Crippen LogP contribution in [0.2, 0.25) is 0 Å².